The normalized spacial score (nSPS) is 10.2. The zero-order chi connectivity index (χ0) is 12.3. The summed E-state index contributed by atoms with van der Waals surface area (Å²) in [6.45, 7) is 4.36. The summed E-state index contributed by atoms with van der Waals surface area (Å²) in [6.07, 6.45) is 0. The van der Waals surface area contributed by atoms with Crippen LogP contribution < -0.4 is 4.74 Å². The fraction of sp³-hybridized carbons (Fsp3) is 0.200. The number of aromatic hydroxyl groups is 1. The predicted octanol–water partition coefficient (Wildman–Crippen LogP) is 3.59. The minimum absolute atomic E-state index is 0.316. The fourth-order valence-corrected chi connectivity index (χ4v) is 1.62. The van der Waals surface area contributed by atoms with Crippen molar-refractivity contribution in [2.24, 2.45) is 0 Å². The Balaban J connectivity index is 2.08. The van der Waals surface area contributed by atoms with Gasteiger partial charge in [-0.15, -0.1) is 0 Å². The third-order valence-electron chi connectivity index (χ3n) is 2.76. The molecule has 0 spiro atoms. The molecule has 0 fully saturated rings. The summed E-state index contributed by atoms with van der Waals surface area (Å²) >= 11 is 0. The van der Waals surface area contributed by atoms with E-state index in [0.717, 1.165) is 22.4 Å². The van der Waals surface area contributed by atoms with Crippen molar-refractivity contribution in [1.29, 1.82) is 0 Å². The number of benzene rings is 2. The van der Waals surface area contributed by atoms with E-state index >= 15 is 0 Å². The van der Waals surface area contributed by atoms with Crippen LogP contribution in [0.15, 0.2) is 42.5 Å². The van der Waals surface area contributed by atoms with E-state index in [0.29, 0.717) is 12.4 Å². The lowest BCUT2D eigenvalue weighted by Crippen LogP contribution is -1.96. The smallest absolute Gasteiger partial charge is 0.122 e. The summed E-state index contributed by atoms with van der Waals surface area (Å²) < 4.78 is 5.71. The van der Waals surface area contributed by atoms with E-state index < -0.39 is 0 Å². The van der Waals surface area contributed by atoms with E-state index in [9.17, 15) is 5.11 Å². The first-order valence-electron chi connectivity index (χ1n) is 5.64. The molecule has 2 nitrogen and oxygen atoms in total. The Morgan fingerprint density at radius 2 is 1.76 bits per heavy atom. The molecule has 0 radical (unpaired) electrons. The second-order valence-corrected chi connectivity index (χ2v) is 4.18. The van der Waals surface area contributed by atoms with Gasteiger partial charge in [0.15, 0.2) is 0 Å². The van der Waals surface area contributed by atoms with E-state index in [-0.39, 0.29) is 0 Å². The van der Waals surface area contributed by atoms with Crippen LogP contribution in [-0.2, 0) is 6.61 Å². The van der Waals surface area contributed by atoms with Gasteiger partial charge >= 0.3 is 0 Å². The van der Waals surface area contributed by atoms with Gasteiger partial charge in [0.1, 0.15) is 18.1 Å². The first-order valence-corrected chi connectivity index (χ1v) is 5.64. The Morgan fingerprint density at radius 3 is 2.47 bits per heavy atom. The molecular formula is C15H16O2. The first-order chi connectivity index (χ1) is 8.16. The van der Waals surface area contributed by atoms with Gasteiger partial charge in [-0.1, -0.05) is 30.3 Å². The SMILES string of the molecule is Cc1ccc(COc2ccccc2C)cc1O. The van der Waals surface area contributed by atoms with Gasteiger partial charge in [-0.05, 0) is 42.7 Å². The molecule has 0 unspecified atom stereocenters. The van der Waals surface area contributed by atoms with E-state index in [1.54, 1.807) is 6.07 Å². The maximum Gasteiger partial charge on any atom is 0.122 e. The summed E-state index contributed by atoms with van der Waals surface area (Å²) in [5.74, 6) is 1.20. The van der Waals surface area contributed by atoms with Crippen molar-refractivity contribution in [1.82, 2.24) is 0 Å². The van der Waals surface area contributed by atoms with Gasteiger partial charge in [0.05, 0.1) is 0 Å². The number of hydrogen-bond donors (Lipinski definition) is 1. The predicted molar refractivity (Wildman–Crippen MR) is 68.4 cm³/mol. The van der Waals surface area contributed by atoms with Crippen LogP contribution >= 0.6 is 0 Å². The molecule has 0 aliphatic carbocycles. The highest BCUT2D eigenvalue weighted by molar-refractivity contribution is 5.36. The molecule has 0 amide bonds. The van der Waals surface area contributed by atoms with Crippen LogP contribution in [-0.4, -0.2) is 5.11 Å². The lowest BCUT2D eigenvalue weighted by Gasteiger charge is -2.09. The van der Waals surface area contributed by atoms with Crippen molar-refractivity contribution in [3.63, 3.8) is 0 Å². The third kappa shape index (κ3) is 2.78. The number of ether oxygens (including phenoxy) is 1. The van der Waals surface area contributed by atoms with Crippen LogP contribution in [0.4, 0.5) is 0 Å². The number of phenolic OH excluding ortho intramolecular Hbond substituents is 1. The second kappa shape index (κ2) is 4.91. The van der Waals surface area contributed by atoms with Crippen LogP contribution in [0.2, 0.25) is 0 Å². The van der Waals surface area contributed by atoms with Crippen molar-refractivity contribution < 1.29 is 9.84 Å². The van der Waals surface area contributed by atoms with Gasteiger partial charge in [0, 0.05) is 0 Å². The molecule has 2 rings (SSSR count). The summed E-state index contributed by atoms with van der Waals surface area (Å²) in [4.78, 5) is 0. The average molecular weight is 228 g/mol. The largest absolute Gasteiger partial charge is 0.508 e. The van der Waals surface area contributed by atoms with Gasteiger partial charge in [-0.25, -0.2) is 0 Å². The molecular weight excluding hydrogens is 212 g/mol. The maximum atomic E-state index is 9.60. The number of phenols is 1. The van der Waals surface area contributed by atoms with Crippen molar-refractivity contribution in [2.75, 3.05) is 0 Å². The summed E-state index contributed by atoms with van der Waals surface area (Å²) in [5.41, 5.74) is 2.96. The molecule has 2 aromatic carbocycles. The Labute approximate surface area is 101 Å². The molecule has 0 atom stereocenters. The molecule has 0 aliphatic rings. The fourth-order valence-electron chi connectivity index (χ4n) is 1.62. The molecule has 0 saturated heterocycles. The number of aryl methyl sites for hydroxylation is 2. The van der Waals surface area contributed by atoms with Gasteiger partial charge in [-0.3, -0.25) is 0 Å². The van der Waals surface area contributed by atoms with E-state index in [4.69, 9.17) is 4.74 Å². The molecule has 0 aromatic heterocycles. The molecule has 17 heavy (non-hydrogen) atoms. The summed E-state index contributed by atoms with van der Waals surface area (Å²) in [7, 11) is 0. The molecule has 2 heteroatoms. The first kappa shape index (κ1) is 11.5. The van der Waals surface area contributed by atoms with Crippen LogP contribution in [0.3, 0.4) is 0 Å². The number of para-hydroxylation sites is 1. The highest BCUT2D eigenvalue weighted by atomic mass is 16.5. The van der Waals surface area contributed by atoms with Crippen LogP contribution in [0.1, 0.15) is 16.7 Å². The average Bonchev–Trinajstić information content (AvgIpc) is 2.32. The van der Waals surface area contributed by atoms with E-state index in [2.05, 4.69) is 0 Å². The minimum atomic E-state index is 0.316. The molecule has 0 aliphatic heterocycles. The lowest BCUT2D eigenvalue weighted by atomic mass is 10.1. The topological polar surface area (TPSA) is 29.5 Å². The molecule has 0 saturated carbocycles. The van der Waals surface area contributed by atoms with Gasteiger partial charge in [-0.2, -0.15) is 0 Å². The molecule has 88 valence electrons. The Bertz CT molecular complexity index is 518. The van der Waals surface area contributed by atoms with Gasteiger partial charge in [0.2, 0.25) is 0 Å². The Hall–Kier alpha value is -1.96. The highest BCUT2D eigenvalue weighted by Crippen LogP contribution is 2.21. The standard InChI is InChI=1S/C15H16O2/c1-11-7-8-13(9-14(11)16)10-17-15-6-4-3-5-12(15)2/h3-9,16H,10H2,1-2H3. The van der Waals surface area contributed by atoms with Crippen molar-refractivity contribution in [2.45, 2.75) is 20.5 Å². The highest BCUT2D eigenvalue weighted by Gasteiger charge is 2.01. The maximum absolute atomic E-state index is 9.60. The molecule has 1 N–H and O–H groups in total. The Kier molecular flexibility index (Phi) is 3.33. The lowest BCUT2D eigenvalue weighted by molar-refractivity contribution is 0.303. The quantitative estimate of drug-likeness (QED) is 0.870. The molecule has 0 bridgehead atoms. The van der Waals surface area contributed by atoms with Crippen LogP contribution in [0, 0.1) is 13.8 Å². The minimum Gasteiger partial charge on any atom is -0.508 e. The van der Waals surface area contributed by atoms with Crippen molar-refractivity contribution in [3.05, 3.63) is 59.2 Å². The van der Waals surface area contributed by atoms with E-state index in [1.807, 2.05) is 50.2 Å². The summed E-state index contributed by atoms with van der Waals surface area (Å²) in [5, 5.41) is 9.60. The van der Waals surface area contributed by atoms with Gasteiger partial charge in [0.25, 0.3) is 0 Å². The van der Waals surface area contributed by atoms with Crippen molar-refractivity contribution in [3.8, 4) is 11.5 Å². The van der Waals surface area contributed by atoms with Crippen molar-refractivity contribution >= 4 is 0 Å². The zero-order valence-electron chi connectivity index (χ0n) is 10.1. The van der Waals surface area contributed by atoms with Gasteiger partial charge < -0.3 is 9.84 Å². The second-order valence-electron chi connectivity index (χ2n) is 4.18. The van der Waals surface area contributed by atoms with Crippen LogP contribution in [0.5, 0.6) is 11.5 Å². The Morgan fingerprint density at radius 1 is 1.00 bits per heavy atom. The zero-order valence-corrected chi connectivity index (χ0v) is 10.1. The molecule has 0 heterocycles. The third-order valence-corrected chi connectivity index (χ3v) is 2.76. The summed E-state index contributed by atoms with van der Waals surface area (Å²) in [6, 6.07) is 13.5. The van der Waals surface area contributed by atoms with Crippen LogP contribution in [0.25, 0.3) is 0 Å². The monoisotopic (exact) mass is 228 g/mol. The number of hydrogen-bond acceptors (Lipinski definition) is 2. The number of rotatable bonds is 3. The molecule has 2 aromatic rings. The van der Waals surface area contributed by atoms with E-state index in [1.165, 1.54) is 0 Å².